The van der Waals surface area contributed by atoms with E-state index in [2.05, 4.69) is 196 Å². The van der Waals surface area contributed by atoms with E-state index in [0.29, 0.717) is 17.5 Å². The fourth-order valence-corrected chi connectivity index (χ4v) is 11.4. The average Bonchev–Trinajstić information content (AvgIpc) is 3.94. The zero-order valence-electron chi connectivity index (χ0n) is 35.9. The van der Waals surface area contributed by atoms with Crippen LogP contribution in [0, 0.1) is 6.92 Å². The molecule has 0 aliphatic heterocycles. The molecule has 0 fully saturated rings. The maximum Gasteiger partial charge on any atom is 0.164 e. The summed E-state index contributed by atoms with van der Waals surface area (Å²) in [7, 11) is 0. The Hall–Kier alpha value is -7.57. The molecule has 0 amide bonds. The largest absolute Gasteiger partial charge is 0.208 e. The second-order valence-electron chi connectivity index (χ2n) is 16.7. The quantitative estimate of drug-likeness (QED) is 0.153. The lowest BCUT2D eigenvalue weighted by Crippen LogP contribution is -2.00. The Kier molecular flexibility index (Phi) is 9.74. The summed E-state index contributed by atoms with van der Waals surface area (Å²) >= 11 is 3.68. The Morgan fingerprint density at radius 2 is 0.769 bits per heavy atom. The van der Waals surface area contributed by atoms with Crippen molar-refractivity contribution < 1.29 is 0 Å². The van der Waals surface area contributed by atoms with Crippen LogP contribution < -0.4 is 0 Å². The highest BCUT2D eigenvalue weighted by atomic mass is 32.1. The van der Waals surface area contributed by atoms with E-state index in [4.69, 9.17) is 15.0 Å². The number of hydrogen-bond donors (Lipinski definition) is 0. The van der Waals surface area contributed by atoms with Gasteiger partial charge >= 0.3 is 0 Å². The van der Waals surface area contributed by atoms with Crippen molar-refractivity contribution in [1.29, 1.82) is 0 Å². The molecule has 0 aliphatic carbocycles. The average molecular weight is 868 g/mol. The van der Waals surface area contributed by atoms with E-state index in [1.807, 2.05) is 40.9 Å². The lowest BCUT2D eigenvalue weighted by atomic mass is 9.91. The summed E-state index contributed by atoms with van der Waals surface area (Å²) in [5.74, 6) is 1.90. The second-order valence-corrected chi connectivity index (χ2v) is 18.9. The monoisotopic (exact) mass is 867 g/mol. The van der Waals surface area contributed by atoms with Gasteiger partial charge in [0.05, 0.1) is 0 Å². The first kappa shape index (κ1) is 39.1. The van der Waals surface area contributed by atoms with Gasteiger partial charge in [-0.3, -0.25) is 0 Å². The molecule has 12 aromatic rings. The van der Waals surface area contributed by atoms with Crippen molar-refractivity contribution in [3.05, 3.63) is 211 Å². The van der Waals surface area contributed by atoms with Crippen LogP contribution in [0.3, 0.4) is 0 Å². The molecule has 0 aliphatic rings. The number of rotatable bonds is 8. The standard InChI is InChI=1S/C60H41N3S2/c1-3-38-21-26-42(34-51(38)48-16-8-7-13-37(48)2)39-22-24-41(25-23-39)59-61-58(40-14-5-4-6-15-40)62-60(63-59)47-32-45(43-27-29-56-52(35-43)49-17-9-11-19-54(49)64-56)31-46(33-47)44-28-30-57-53(36-44)50-18-10-12-20-55(50)65-57/h4-36H,3H2,1-2H3. The molecular weight excluding hydrogens is 827 g/mol. The van der Waals surface area contributed by atoms with Crippen LogP contribution in [0.5, 0.6) is 0 Å². The third kappa shape index (κ3) is 7.20. The zero-order valence-corrected chi connectivity index (χ0v) is 37.6. The predicted octanol–water partition coefficient (Wildman–Crippen LogP) is 17.1. The molecule has 65 heavy (non-hydrogen) atoms. The highest BCUT2D eigenvalue weighted by molar-refractivity contribution is 7.26. The van der Waals surface area contributed by atoms with Crippen LogP contribution in [0.1, 0.15) is 18.1 Å². The molecule has 0 spiro atoms. The molecule has 0 saturated carbocycles. The number of benzene rings is 9. The minimum Gasteiger partial charge on any atom is -0.208 e. The van der Waals surface area contributed by atoms with Crippen LogP contribution in [0.25, 0.3) is 119 Å². The van der Waals surface area contributed by atoms with Crippen molar-refractivity contribution in [2.75, 3.05) is 0 Å². The van der Waals surface area contributed by atoms with E-state index in [0.717, 1.165) is 50.9 Å². The third-order valence-electron chi connectivity index (χ3n) is 12.7. The molecule has 3 nitrogen and oxygen atoms in total. The Bertz CT molecular complexity index is 3640. The summed E-state index contributed by atoms with van der Waals surface area (Å²) in [5.41, 5.74) is 14.8. The molecule has 9 aromatic carbocycles. The van der Waals surface area contributed by atoms with Crippen LogP contribution in [0.2, 0.25) is 0 Å². The van der Waals surface area contributed by atoms with Gasteiger partial charge in [-0.25, -0.2) is 15.0 Å². The van der Waals surface area contributed by atoms with Crippen LogP contribution in [0.15, 0.2) is 200 Å². The lowest BCUT2D eigenvalue weighted by Gasteiger charge is -2.14. The second kappa shape index (κ2) is 16.2. The Morgan fingerprint density at radius 3 is 1.37 bits per heavy atom. The van der Waals surface area contributed by atoms with Crippen LogP contribution in [0.4, 0.5) is 0 Å². The van der Waals surface area contributed by atoms with Crippen molar-refractivity contribution in [2.24, 2.45) is 0 Å². The summed E-state index contributed by atoms with van der Waals surface area (Å²) in [6, 6.07) is 72.4. The van der Waals surface area contributed by atoms with Gasteiger partial charge in [0.25, 0.3) is 0 Å². The summed E-state index contributed by atoms with van der Waals surface area (Å²) in [6.45, 7) is 4.42. The van der Waals surface area contributed by atoms with Crippen molar-refractivity contribution in [3.8, 4) is 78.7 Å². The topological polar surface area (TPSA) is 38.7 Å². The number of aryl methyl sites for hydroxylation is 2. The SMILES string of the molecule is CCc1ccc(-c2ccc(-c3nc(-c4ccccc4)nc(-c4cc(-c5ccc6sc7ccccc7c6c5)cc(-c5ccc6sc7ccccc7c6c5)c4)n3)cc2)cc1-c1ccccc1C. The van der Waals surface area contributed by atoms with Crippen molar-refractivity contribution in [2.45, 2.75) is 20.3 Å². The van der Waals surface area contributed by atoms with E-state index in [1.165, 1.54) is 68.2 Å². The van der Waals surface area contributed by atoms with E-state index >= 15 is 0 Å². The van der Waals surface area contributed by atoms with Gasteiger partial charge in [0.15, 0.2) is 17.5 Å². The molecule has 0 saturated heterocycles. The molecule has 0 atom stereocenters. The fourth-order valence-electron chi connectivity index (χ4n) is 9.25. The third-order valence-corrected chi connectivity index (χ3v) is 15.0. The fraction of sp³-hybridized carbons (Fsp3) is 0.0500. The molecule has 3 heterocycles. The summed E-state index contributed by atoms with van der Waals surface area (Å²) in [4.78, 5) is 15.7. The maximum atomic E-state index is 5.30. The van der Waals surface area contributed by atoms with Gasteiger partial charge in [-0.2, -0.15) is 0 Å². The van der Waals surface area contributed by atoms with Crippen LogP contribution >= 0.6 is 22.7 Å². The van der Waals surface area contributed by atoms with E-state index < -0.39 is 0 Å². The Morgan fingerprint density at radius 1 is 0.323 bits per heavy atom. The number of nitrogens with zero attached hydrogens (tertiary/aromatic N) is 3. The number of aromatic nitrogens is 3. The first-order valence-corrected chi connectivity index (χ1v) is 23.8. The molecule has 12 rings (SSSR count). The van der Waals surface area contributed by atoms with Gasteiger partial charge in [-0.1, -0.05) is 146 Å². The first-order valence-electron chi connectivity index (χ1n) is 22.1. The number of fused-ring (bicyclic) bond motifs is 6. The van der Waals surface area contributed by atoms with Gasteiger partial charge in [0, 0.05) is 57.0 Å². The zero-order chi connectivity index (χ0) is 43.4. The van der Waals surface area contributed by atoms with Gasteiger partial charge in [-0.15, -0.1) is 22.7 Å². The molecule has 0 N–H and O–H groups in total. The number of hydrogen-bond acceptors (Lipinski definition) is 5. The van der Waals surface area contributed by atoms with E-state index in [9.17, 15) is 0 Å². The molecule has 0 bridgehead atoms. The number of thiophene rings is 2. The molecule has 3 aromatic heterocycles. The molecule has 0 radical (unpaired) electrons. The summed E-state index contributed by atoms with van der Waals surface area (Å²) in [5, 5.41) is 5.11. The normalized spacial score (nSPS) is 11.6. The summed E-state index contributed by atoms with van der Waals surface area (Å²) in [6.07, 6.45) is 0.973. The molecule has 5 heteroatoms. The predicted molar refractivity (Wildman–Crippen MR) is 278 cm³/mol. The van der Waals surface area contributed by atoms with E-state index in [-0.39, 0.29) is 0 Å². The van der Waals surface area contributed by atoms with E-state index in [1.54, 1.807) is 0 Å². The van der Waals surface area contributed by atoms with Crippen molar-refractivity contribution in [3.63, 3.8) is 0 Å². The molecular formula is C60H41N3S2. The molecule has 0 unspecified atom stereocenters. The minimum absolute atomic E-state index is 0.628. The van der Waals surface area contributed by atoms with Crippen LogP contribution in [-0.2, 0) is 6.42 Å². The van der Waals surface area contributed by atoms with Crippen LogP contribution in [-0.4, -0.2) is 15.0 Å². The van der Waals surface area contributed by atoms with Crippen molar-refractivity contribution in [1.82, 2.24) is 15.0 Å². The van der Waals surface area contributed by atoms with Gasteiger partial charge in [-0.05, 0) is 130 Å². The van der Waals surface area contributed by atoms with Gasteiger partial charge in [0.1, 0.15) is 0 Å². The van der Waals surface area contributed by atoms with Gasteiger partial charge in [0.2, 0.25) is 0 Å². The maximum absolute atomic E-state index is 5.30. The summed E-state index contributed by atoms with van der Waals surface area (Å²) < 4.78 is 5.16. The molecule has 308 valence electrons. The van der Waals surface area contributed by atoms with Gasteiger partial charge < -0.3 is 0 Å². The lowest BCUT2D eigenvalue weighted by molar-refractivity contribution is 1.07. The highest BCUT2D eigenvalue weighted by Crippen LogP contribution is 2.41. The van der Waals surface area contributed by atoms with Crippen molar-refractivity contribution >= 4 is 63.0 Å². The first-order chi connectivity index (χ1) is 32.0. The smallest absolute Gasteiger partial charge is 0.164 e. The Labute approximate surface area is 386 Å². The highest BCUT2D eigenvalue weighted by Gasteiger charge is 2.17. The Balaban J connectivity index is 1.01. The minimum atomic E-state index is 0.628.